The van der Waals surface area contributed by atoms with Crippen molar-refractivity contribution in [1.82, 2.24) is 25.1 Å². The third-order valence-electron chi connectivity index (χ3n) is 5.34. The van der Waals surface area contributed by atoms with E-state index in [0.717, 1.165) is 67.9 Å². The first-order valence-electron chi connectivity index (χ1n) is 11.5. The molecule has 0 unspecified atom stereocenters. The van der Waals surface area contributed by atoms with Gasteiger partial charge in [-0.1, -0.05) is 33.3 Å². The van der Waals surface area contributed by atoms with Gasteiger partial charge in [0.15, 0.2) is 11.3 Å². The number of aromatic nitrogens is 4. The highest BCUT2D eigenvalue weighted by Gasteiger charge is 2.15. The number of hydrogen-bond acceptors (Lipinski definition) is 8. The second-order valence-corrected chi connectivity index (χ2v) is 7.50. The van der Waals surface area contributed by atoms with Crippen LogP contribution in [0.25, 0.3) is 11.0 Å². The van der Waals surface area contributed by atoms with Gasteiger partial charge in [0, 0.05) is 50.0 Å². The number of unbranched alkanes of at least 4 members (excludes halogenated alkanes) is 1. The van der Waals surface area contributed by atoms with Gasteiger partial charge in [0.05, 0.1) is 19.9 Å². The van der Waals surface area contributed by atoms with Crippen LogP contribution in [-0.2, 0) is 6.54 Å². The van der Waals surface area contributed by atoms with Gasteiger partial charge in [0.1, 0.15) is 11.3 Å². The van der Waals surface area contributed by atoms with Gasteiger partial charge < -0.3 is 26.0 Å². The maximum atomic E-state index is 5.90. The zero-order chi connectivity index (χ0) is 22.9. The van der Waals surface area contributed by atoms with Crippen molar-refractivity contribution in [3.05, 3.63) is 30.0 Å². The van der Waals surface area contributed by atoms with E-state index in [1.807, 2.05) is 24.7 Å². The van der Waals surface area contributed by atoms with Crippen LogP contribution in [0, 0.1) is 0 Å². The minimum atomic E-state index is 0.249. The van der Waals surface area contributed by atoms with E-state index in [9.17, 15) is 0 Å². The molecule has 3 heterocycles. The van der Waals surface area contributed by atoms with Gasteiger partial charge in [-0.2, -0.15) is 10.1 Å². The number of nitrogens with one attached hydrogen (secondary N) is 2. The molecule has 4 N–H and O–H groups in total. The van der Waals surface area contributed by atoms with Gasteiger partial charge >= 0.3 is 0 Å². The number of hydrogen-bond donors (Lipinski definition) is 3. The lowest BCUT2D eigenvalue weighted by molar-refractivity contribution is 0.407. The Morgan fingerprint density at radius 3 is 2.69 bits per heavy atom. The SMILES string of the molecule is CC.CCCCNc1nc(N)nc2cn(Cc3ccc(N4CCNCC4)cc3OC)nc12. The molecule has 0 aliphatic carbocycles. The molecule has 1 fully saturated rings. The van der Waals surface area contributed by atoms with Crippen molar-refractivity contribution < 1.29 is 4.74 Å². The Labute approximate surface area is 190 Å². The van der Waals surface area contributed by atoms with E-state index in [-0.39, 0.29) is 5.95 Å². The Bertz CT molecular complexity index is 997. The van der Waals surface area contributed by atoms with Crippen LogP contribution >= 0.6 is 0 Å². The average molecular weight is 441 g/mol. The van der Waals surface area contributed by atoms with Crippen LogP contribution in [0.15, 0.2) is 24.4 Å². The number of nitrogens with two attached hydrogens (primary N) is 1. The molecule has 1 aliphatic rings. The quantitative estimate of drug-likeness (QED) is 0.459. The Hall–Kier alpha value is -3.07. The highest BCUT2D eigenvalue weighted by atomic mass is 16.5. The third-order valence-corrected chi connectivity index (χ3v) is 5.34. The summed E-state index contributed by atoms with van der Waals surface area (Å²) in [5.41, 5.74) is 9.61. The summed E-state index contributed by atoms with van der Waals surface area (Å²) in [6.45, 7) is 11.6. The molecule has 0 atom stereocenters. The van der Waals surface area contributed by atoms with Crippen molar-refractivity contribution in [2.75, 3.05) is 55.8 Å². The molecule has 3 aromatic rings. The van der Waals surface area contributed by atoms with E-state index in [0.29, 0.717) is 12.4 Å². The molecule has 9 nitrogen and oxygen atoms in total. The Morgan fingerprint density at radius 1 is 1.19 bits per heavy atom. The number of benzene rings is 1. The van der Waals surface area contributed by atoms with Crippen molar-refractivity contribution in [2.45, 2.75) is 40.2 Å². The lowest BCUT2D eigenvalue weighted by atomic mass is 10.1. The van der Waals surface area contributed by atoms with Crippen molar-refractivity contribution in [3.63, 3.8) is 0 Å². The Balaban J connectivity index is 0.00000141. The number of rotatable bonds is 8. The molecule has 0 saturated carbocycles. The maximum Gasteiger partial charge on any atom is 0.222 e. The van der Waals surface area contributed by atoms with Gasteiger partial charge in [-0.15, -0.1) is 0 Å². The summed E-state index contributed by atoms with van der Waals surface area (Å²) in [7, 11) is 1.71. The first kappa shape index (κ1) is 23.6. The molecular formula is C23H36N8O. The standard InChI is InChI=1S/C21H30N8O.C2H6/c1-3-4-7-24-20-19-17(25-21(22)26-20)14-29(27-19)13-15-5-6-16(12-18(15)30-2)28-10-8-23-9-11-28;1-2/h5-6,12,14,23H,3-4,7-11,13H2,1-2H3,(H3,22,24,25,26);1-2H3. The van der Waals surface area contributed by atoms with Crippen LogP contribution in [0.2, 0.25) is 0 Å². The summed E-state index contributed by atoms with van der Waals surface area (Å²) in [5, 5.41) is 11.4. The molecule has 9 heteroatoms. The van der Waals surface area contributed by atoms with Crippen LogP contribution in [0.4, 0.5) is 17.5 Å². The van der Waals surface area contributed by atoms with Crippen LogP contribution in [0.3, 0.4) is 0 Å². The molecule has 1 saturated heterocycles. The number of ether oxygens (including phenoxy) is 1. The van der Waals surface area contributed by atoms with Gasteiger partial charge in [-0.25, -0.2) is 4.98 Å². The maximum absolute atomic E-state index is 5.90. The zero-order valence-corrected chi connectivity index (χ0v) is 19.7. The molecule has 0 radical (unpaired) electrons. The average Bonchev–Trinajstić information content (AvgIpc) is 3.23. The second kappa shape index (κ2) is 11.5. The highest BCUT2D eigenvalue weighted by molar-refractivity contribution is 5.85. The number of methoxy groups -OCH3 is 1. The Kier molecular flexibility index (Phi) is 8.49. The minimum absolute atomic E-state index is 0.249. The number of fused-ring (bicyclic) bond motifs is 1. The number of piperazine rings is 1. The van der Waals surface area contributed by atoms with Gasteiger partial charge in [0.2, 0.25) is 5.95 Å². The molecule has 0 amide bonds. The number of nitrogen functional groups attached to an aromatic ring is 1. The van der Waals surface area contributed by atoms with E-state index in [1.165, 1.54) is 5.69 Å². The van der Waals surface area contributed by atoms with Gasteiger partial charge in [-0.05, 0) is 12.5 Å². The van der Waals surface area contributed by atoms with E-state index in [1.54, 1.807) is 7.11 Å². The fourth-order valence-electron chi connectivity index (χ4n) is 3.72. The second-order valence-electron chi connectivity index (χ2n) is 7.50. The smallest absolute Gasteiger partial charge is 0.222 e. The lowest BCUT2D eigenvalue weighted by Gasteiger charge is -2.30. The molecule has 174 valence electrons. The van der Waals surface area contributed by atoms with Crippen LogP contribution in [0.5, 0.6) is 5.75 Å². The predicted molar refractivity (Wildman–Crippen MR) is 132 cm³/mol. The van der Waals surface area contributed by atoms with E-state index in [4.69, 9.17) is 15.6 Å². The van der Waals surface area contributed by atoms with Gasteiger partial charge in [0.25, 0.3) is 0 Å². The zero-order valence-electron chi connectivity index (χ0n) is 19.7. The molecular weight excluding hydrogens is 404 g/mol. The number of anilines is 3. The third kappa shape index (κ3) is 5.59. The van der Waals surface area contributed by atoms with Gasteiger partial charge in [-0.3, -0.25) is 4.68 Å². The number of nitrogens with zero attached hydrogens (tertiary/aromatic N) is 5. The summed E-state index contributed by atoms with van der Waals surface area (Å²) in [5.74, 6) is 1.79. The normalized spacial score (nSPS) is 13.6. The van der Waals surface area contributed by atoms with Crippen molar-refractivity contribution in [2.24, 2.45) is 0 Å². The highest BCUT2D eigenvalue weighted by Crippen LogP contribution is 2.27. The van der Waals surface area contributed by atoms with Crippen LogP contribution in [-0.4, -0.2) is 59.6 Å². The summed E-state index contributed by atoms with van der Waals surface area (Å²) in [6, 6.07) is 6.38. The topological polar surface area (TPSA) is 106 Å². The molecule has 1 aromatic carbocycles. The predicted octanol–water partition coefficient (Wildman–Crippen LogP) is 3.11. The summed E-state index contributed by atoms with van der Waals surface area (Å²) in [4.78, 5) is 11.1. The molecule has 1 aliphatic heterocycles. The van der Waals surface area contributed by atoms with Crippen LogP contribution < -0.4 is 26.0 Å². The minimum Gasteiger partial charge on any atom is -0.496 e. The van der Waals surface area contributed by atoms with Crippen molar-refractivity contribution >= 4 is 28.5 Å². The summed E-state index contributed by atoms with van der Waals surface area (Å²) >= 11 is 0. The van der Waals surface area contributed by atoms with E-state index >= 15 is 0 Å². The molecule has 0 spiro atoms. The molecule has 32 heavy (non-hydrogen) atoms. The van der Waals surface area contributed by atoms with Crippen molar-refractivity contribution in [3.8, 4) is 5.75 Å². The molecule has 4 rings (SSSR count). The van der Waals surface area contributed by atoms with Crippen LogP contribution in [0.1, 0.15) is 39.2 Å². The largest absolute Gasteiger partial charge is 0.496 e. The monoisotopic (exact) mass is 440 g/mol. The fourth-order valence-corrected chi connectivity index (χ4v) is 3.72. The summed E-state index contributed by atoms with van der Waals surface area (Å²) < 4.78 is 7.55. The first-order valence-corrected chi connectivity index (χ1v) is 11.5. The van der Waals surface area contributed by atoms with E-state index in [2.05, 4.69) is 50.6 Å². The fraction of sp³-hybridized carbons (Fsp3) is 0.522. The molecule has 2 aromatic heterocycles. The Morgan fingerprint density at radius 2 is 1.97 bits per heavy atom. The van der Waals surface area contributed by atoms with Crippen molar-refractivity contribution in [1.29, 1.82) is 0 Å². The molecule has 0 bridgehead atoms. The van der Waals surface area contributed by atoms with E-state index < -0.39 is 0 Å². The lowest BCUT2D eigenvalue weighted by Crippen LogP contribution is -2.43. The summed E-state index contributed by atoms with van der Waals surface area (Å²) in [6.07, 6.45) is 4.07. The first-order chi connectivity index (χ1) is 15.7.